The van der Waals surface area contributed by atoms with Gasteiger partial charge in [0.15, 0.2) is 0 Å². The minimum absolute atomic E-state index is 0.102. The molecule has 102 valence electrons. The summed E-state index contributed by atoms with van der Waals surface area (Å²) in [5.74, 6) is 0.553. The summed E-state index contributed by atoms with van der Waals surface area (Å²) < 4.78 is 0. The molecule has 0 amide bonds. The topological polar surface area (TPSA) is 76.3 Å². The first kappa shape index (κ1) is 13.7. The minimum Gasteiger partial charge on any atom is -0.351 e. The third kappa shape index (κ3) is 3.01. The molecule has 1 aliphatic rings. The summed E-state index contributed by atoms with van der Waals surface area (Å²) in [6.45, 7) is 0. The molecular weight excluding hydrogens is 270 g/mol. The molecule has 0 aliphatic heterocycles. The molecule has 1 fully saturated rings. The van der Waals surface area contributed by atoms with Crippen molar-refractivity contribution >= 4 is 28.9 Å². The molecule has 19 heavy (non-hydrogen) atoms. The molecule has 0 radical (unpaired) electrons. The fraction of sp³-hybridized carbons (Fsp3) is 0.500. The second-order valence-corrected chi connectivity index (χ2v) is 5.07. The average molecular weight is 284 g/mol. The Balaban J connectivity index is 2.25. The average Bonchev–Trinajstić information content (AvgIpc) is 2.38. The second-order valence-electron chi connectivity index (χ2n) is 4.63. The van der Waals surface area contributed by atoms with E-state index in [9.17, 15) is 14.9 Å². The van der Waals surface area contributed by atoms with Crippen LogP contribution in [0.15, 0.2) is 12.3 Å². The number of carbonyl (C=O) groups excluding carboxylic acids is 1. The van der Waals surface area contributed by atoms with E-state index >= 15 is 0 Å². The van der Waals surface area contributed by atoms with Gasteiger partial charge in [0.2, 0.25) is 5.82 Å². The van der Waals surface area contributed by atoms with E-state index in [1.54, 1.807) is 11.9 Å². The molecule has 1 heterocycles. The van der Waals surface area contributed by atoms with Crippen LogP contribution < -0.4 is 4.90 Å². The molecule has 0 aromatic carbocycles. The lowest BCUT2D eigenvalue weighted by atomic mass is 9.93. The molecule has 0 unspecified atom stereocenters. The van der Waals surface area contributed by atoms with Crippen LogP contribution in [0.2, 0.25) is 5.02 Å². The molecule has 7 heteroatoms. The van der Waals surface area contributed by atoms with Crippen molar-refractivity contribution in [1.82, 2.24) is 4.98 Å². The van der Waals surface area contributed by atoms with E-state index in [1.165, 1.54) is 12.3 Å². The van der Waals surface area contributed by atoms with Gasteiger partial charge in [-0.1, -0.05) is 11.6 Å². The highest BCUT2D eigenvalue weighted by Crippen LogP contribution is 2.31. The van der Waals surface area contributed by atoms with E-state index in [-0.39, 0.29) is 22.5 Å². The van der Waals surface area contributed by atoms with Crippen molar-refractivity contribution in [3.8, 4) is 0 Å². The SMILES string of the molecule is CN(c1ncc(Cl)cc1[N+](=O)[O-])C1CCC(=O)CC1. The van der Waals surface area contributed by atoms with Crippen LogP contribution in [0.4, 0.5) is 11.5 Å². The maximum atomic E-state index is 11.2. The Morgan fingerprint density at radius 1 is 1.47 bits per heavy atom. The quantitative estimate of drug-likeness (QED) is 0.629. The van der Waals surface area contributed by atoms with Gasteiger partial charge in [-0.15, -0.1) is 0 Å². The number of rotatable bonds is 3. The minimum atomic E-state index is -0.487. The lowest BCUT2D eigenvalue weighted by Gasteiger charge is -2.31. The highest BCUT2D eigenvalue weighted by Gasteiger charge is 2.27. The summed E-state index contributed by atoms with van der Waals surface area (Å²) in [7, 11) is 1.77. The third-order valence-electron chi connectivity index (χ3n) is 3.41. The molecule has 1 aromatic heterocycles. The molecule has 0 spiro atoms. The zero-order chi connectivity index (χ0) is 14.0. The monoisotopic (exact) mass is 283 g/mol. The van der Waals surface area contributed by atoms with Crippen LogP contribution in [-0.4, -0.2) is 28.8 Å². The molecule has 6 nitrogen and oxygen atoms in total. The van der Waals surface area contributed by atoms with Gasteiger partial charge >= 0.3 is 5.69 Å². The van der Waals surface area contributed by atoms with Gasteiger partial charge < -0.3 is 4.90 Å². The van der Waals surface area contributed by atoms with Gasteiger partial charge in [-0.25, -0.2) is 4.98 Å². The molecule has 0 bridgehead atoms. The van der Waals surface area contributed by atoms with E-state index in [2.05, 4.69) is 4.98 Å². The van der Waals surface area contributed by atoms with Crippen LogP contribution in [-0.2, 0) is 4.79 Å². The van der Waals surface area contributed by atoms with E-state index in [1.807, 2.05) is 0 Å². The van der Waals surface area contributed by atoms with Crippen molar-refractivity contribution in [1.29, 1.82) is 0 Å². The van der Waals surface area contributed by atoms with Crippen LogP contribution in [0.5, 0.6) is 0 Å². The van der Waals surface area contributed by atoms with E-state index in [0.717, 1.165) is 0 Å². The number of nitrogens with zero attached hydrogens (tertiary/aromatic N) is 3. The Labute approximate surface area is 115 Å². The number of halogens is 1. The normalized spacial score (nSPS) is 16.4. The predicted octanol–water partition coefficient (Wildman–Crippen LogP) is 2.59. The first-order valence-corrected chi connectivity index (χ1v) is 6.41. The van der Waals surface area contributed by atoms with Crippen molar-refractivity contribution in [2.24, 2.45) is 0 Å². The lowest BCUT2D eigenvalue weighted by Crippen LogP contribution is -2.36. The van der Waals surface area contributed by atoms with Crippen LogP contribution >= 0.6 is 11.6 Å². The summed E-state index contributed by atoms with van der Waals surface area (Å²) in [5.41, 5.74) is -0.105. The Bertz CT molecular complexity index is 511. The second kappa shape index (κ2) is 5.52. The fourth-order valence-corrected chi connectivity index (χ4v) is 2.46. The van der Waals surface area contributed by atoms with E-state index in [0.29, 0.717) is 31.5 Å². The lowest BCUT2D eigenvalue weighted by molar-refractivity contribution is -0.384. The molecule has 0 N–H and O–H groups in total. The maximum Gasteiger partial charge on any atom is 0.313 e. The van der Waals surface area contributed by atoms with Gasteiger partial charge in [0.25, 0.3) is 0 Å². The van der Waals surface area contributed by atoms with Gasteiger partial charge in [0, 0.05) is 38.2 Å². The van der Waals surface area contributed by atoms with E-state index in [4.69, 9.17) is 11.6 Å². The Morgan fingerprint density at radius 2 is 2.11 bits per heavy atom. The van der Waals surface area contributed by atoms with Crippen LogP contribution in [0.1, 0.15) is 25.7 Å². The maximum absolute atomic E-state index is 11.2. The predicted molar refractivity (Wildman–Crippen MR) is 71.6 cm³/mol. The summed E-state index contributed by atoms with van der Waals surface area (Å²) in [6, 6.07) is 1.40. The first-order chi connectivity index (χ1) is 8.99. The summed E-state index contributed by atoms with van der Waals surface area (Å²) in [5, 5.41) is 11.3. The molecule has 0 atom stereocenters. The number of aromatic nitrogens is 1. The van der Waals surface area contributed by atoms with Crippen LogP contribution in [0, 0.1) is 10.1 Å². The zero-order valence-corrected chi connectivity index (χ0v) is 11.3. The first-order valence-electron chi connectivity index (χ1n) is 6.03. The number of Topliss-reactive ketones (excluding diaryl/α,β-unsaturated/α-hetero) is 1. The summed E-state index contributed by atoms with van der Waals surface area (Å²) in [4.78, 5) is 27.6. The van der Waals surface area contributed by atoms with Crippen LogP contribution in [0.25, 0.3) is 0 Å². The number of hydrogen-bond acceptors (Lipinski definition) is 5. The Hall–Kier alpha value is -1.69. The number of carbonyl (C=O) groups is 1. The molecule has 1 aromatic rings. The number of nitro groups is 1. The highest BCUT2D eigenvalue weighted by atomic mass is 35.5. The third-order valence-corrected chi connectivity index (χ3v) is 3.61. The van der Waals surface area contributed by atoms with Gasteiger partial charge in [-0.2, -0.15) is 0 Å². The molecule has 0 saturated heterocycles. The van der Waals surface area contributed by atoms with E-state index < -0.39 is 4.92 Å². The number of ketones is 1. The van der Waals surface area contributed by atoms with Crippen molar-refractivity contribution in [2.75, 3.05) is 11.9 Å². The Kier molecular flexibility index (Phi) is 3.99. The fourth-order valence-electron chi connectivity index (χ4n) is 2.31. The molecule has 1 aliphatic carbocycles. The number of anilines is 1. The van der Waals surface area contributed by atoms with Gasteiger partial charge in [-0.3, -0.25) is 14.9 Å². The largest absolute Gasteiger partial charge is 0.351 e. The van der Waals surface area contributed by atoms with Crippen molar-refractivity contribution in [2.45, 2.75) is 31.7 Å². The summed E-state index contributed by atoms with van der Waals surface area (Å²) in [6.07, 6.45) is 3.86. The standard InChI is InChI=1S/C12H14ClN3O3/c1-15(9-2-4-10(17)5-3-9)12-11(16(18)19)6-8(13)7-14-12/h6-7,9H,2-5H2,1H3. The Morgan fingerprint density at radius 3 is 2.68 bits per heavy atom. The van der Waals surface area contributed by atoms with Crippen LogP contribution in [0.3, 0.4) is 0 Å². The molecule has 2 rings (SSSR count). The van der Waals surface area contributed by atoms with Gasteiger partial charge in [-0.05, 0) is 12.8 Å². The van der Waals surface area contributed by atoms with Crippen molar-refractivity contribution in [3.63, 3.8) is 0 Å². The number of pyridine rings is 1. The highest BCUT2D eigenvalue weighted by molar-refractivity contribution is 6.30. The van der Waals surface area contributed by atoms with Crippen molar-refractivity contribution in [3.05, 3.63) is 27.4 Å². The van der Waals surface area contributed by atoms with Gasteiger partial charge in [0.1, 0.15) is 5.78 Å². The van der Waals surface area contributed by atoms with Gasteiger partial charge in [0.05, 0.1) is 9.95 Å². The molecule has 1 saturated carbocycles. The molecular formula is C12H14ClN3O3. The van der Waals surface area contributed by atoms with Crippen molar-refractivity contribution < 1.29 is 9.72 Å². The number of hydrogen-bond donors (Lipinski definition) is 0. The summed E-state index contributed by atoms with van der Waals surface area (Å²) >= 11 is 5.74. The zero-order valence-electron chi connectivity index (χ0n) is 10.5. The smallest absolute Gasteiger partial charge is 0.313 e.